The van der Waals surface area contributed by atoms with Crippen molar-refractivity contribution in [3.63, 3.8) is 0 Å². The number of rotatable bonds is 5. The average Bonchev–Trinajstić information content (AvgIpc) is 2.83. The van der Waals surface area contributed by atoms with Crippen LogP contribution in [0.25, 0.3) is 0 Å². The van der Waals surface area contributed by atoms with Crippen molar-refractivity contribution in [2.75, 3.05) is 26.8 Å². The summed E-state index contributed by atoms with van der Waals surface area (Å²) < 4.78 is 11.4. The third kappa shape index (κ3) is 3.44. The smallest absolute Gasteiger partial charge is 0.0853 e. The Kier molecular flexibility index (Phi) is 4.64. The molecule has 2 fully saturated rings. The molecule has 2 N–H and O–H groups in total. The van der Waals surface area contributed by atoms with E-state index < -0.39 is 0 Å². The van der Waals surface area contributed by atoms with Crippen molar-refractivity contribution in [3.8, 4) is 0 Å². The van der Waals surface area contributed by atoms with Crippen LogP contribution in [0.5, 0.6) is 0 Å². The van der Waals surface area contributed by atoms with E-state index in [4.69, 9.17) is 15.2 Å². The molecular formula is C14H28N2O2. The molecule has 0 aromatic carbocycles. The first-order valence-corrected chi connectivity index (χ1v) is 7.18. The van der Waals surface area contributed by atoms with Crippen LogP contribution in [0.3, 0.4) is 0 Å². The van der Waals surface area contributed by atoms with Gasteiger partial charge in [-0.15, -0.1) is 0 Å². The number of fused-ring (bicyclic) bond motifs is 1. The van der Waals surface area contributed by atoms with Gasteiger partial charge in [-0.3, -0.25) is 4.90 Å². The first-order chi connectivity index (χ1) is 8.52. The Bertz CT molecular complexity index is 271. The lowest BCUT2D eigenvalue weighted by Gasteiger charge is -2.38. The van der Waals surface area contributed by atoms with E-state index in [2.05, 4.69) is 18.7 Å². The number of morpholine rings is 1. The zero-order valence-corrected chi connectivity index (χ0v) is 12.0. The largest absolute Gasteiger partial charge is 0.379 e. The fraction of sp³-hybridized carbons (Fsp3) is 1.00. The van der Waals surface area contributed by atoms with Crippen molar-refractivity contribution >= 4 is 0 Å². The maximum atomic E-state index is 6.29. The molecule has 2 rings (SSSR count). The van der Waals surface area contributed by atoms with Gasteiger partial charge in [-0.1, -0.05) is 0 Å². The van der Waals surface area contributed by atoms with E-state index in [9.17, 15) is 0 Å². The normalized spacial score (nSPS) is 31.3. The molecule has 0 aromatic heterocycles. The Morgan fingerprint density at radius 2 is 2.28 bits per heavy atom. The third-order valence-corrected chi connectivity index (χ3v) is 4.53. The lowest BCUT2D eigenvalue weighted by molar-refractivity contribution is -0.0641. The minimum atomic E-state index is -0.0809. The fourth-order valence-electron chi connectivity index (χ4n) is 2.90. The molecule has 0 spiro atoms. The monoisotopic (exact) mass is 256 g/mol. The minimum Gasteiger partial charge on any atom is -0.379 e. The molecule has 106 valence electrons. The van der Waals surface area contributed by atoms with E-state index >= 15 is 0 Å². The third-order valence-electron chi connectivity index (χ3n) is 4.53. The Labute approximate surface area is 111 Å². The molecule has 3 atom stereocenters. The van der Waals surface area contributed by atoms with E-state index in [0.717, 1.165) is 26.0 Å². The Morgan fingerprint density at radius 1 is 1.50 bits per heavy atom. The first kappa shape index (κ1) is 14.3. The number of methoxy groups -OCH3 is 1. The molecule has 2 heterocycles. The lowest BCUT2D eigenvalue weighted by atomic mass is 9.96. The molecule has 4 heteroatoms. The van der Waals surface area contributed by atoms with E-state index in [-0.39, 0.29) is 17.7 Å². The molecule has 0 amide bonds. The zero-order valence-electron chi connectivity index (χ0n) is 12.0. The van der Waals surface area contributed by atoms with Gasteiger partial charge in [0.2, 0.25) is 0 Å². The van der Waals surface area contributed by atoms with Crippen LogP contribution in [0.2, 0.25) is 0 Å². The molecule has 0 aliphatic carbocycles. The highest BCUT2D eigenvalue weighted by Gasteiger charge is 2.35. The number of hydrogen-bond donors (Lipinski definition) is 1. The minimum absolute atomic E-state index is 0.0809. The van der Waals surface area contributed by atoms with Gasteiger partial charge in [0.1, 0.15) is 0 Å². The van der Waals surface area contributed by atoms with Crippen molar-refractivity contribution in [1.82, 2.24) is 4.90 Å². The van der Waals surface area contributed by atoms with Gasteiger partial charge < -0.3 is 15.2 Å². The standard InChI is InChI=1S/C14H28N2O2/c1-14(2,17-3)7-6-12(15)13-9-16-8-4-5-11(16)10-18-13/h11-13H,4-10,15H2,1-3H3. The van der Waals surface area contributed by atoms with Crippen molar-refractivity contribution in [2.45, 2.75) is 63.3 Å². The Hall–Kier alpha value is -0.160. The highest BCUT2D eigenvalue weighted by Crippen LogP contribution is 2.25. The van der Waals surface area contributed by atoms with Crippen LogP contribution in [-0.4, -0.2) is 55.5 Å². The summed E-state index contributed by atoms with van der Waals surface area (Å²) in [4.78, 5) is 2.55. The number of nitrogens with two attached hydrogens (primary N) is 1. The first-order valence-electron chi connectivity index (χ1n) is 7.18. The van der Waals surface area contributed by atoms with Crippen molar-refractivity contribution < 1.29 is 9.47 Å². The van der Waals surface area contributed by atoms with Gasteiger partial charge in [0.05, 0.1) is 18.3 Å². The molecule has 18 heavy (non-hydrogen) atoms. The molecule has 2 aliphatic heterocycles. The number of hydrogen-bond acceptors (Lipinski definition) is 4. The van der Waals surface area contributed by atoms with Gasteiger partial charge in [0, 0.05) is 25.7 Å². The maximum absolute atomic E-state index is 6.29. The lowest BCUT2D eigenvalue weighted by Crippen LogP contribution is -2.53. The summed E-state index contributed by atoms with van der Waals surface area (Å²) in [6.45, 7) is 7.32. The van der Waals surface area contributed by atoms with Gasteiger partial charge >= 0.3 is 0 Å². The Morgan fingerprint density at radius 3 is 3.00 bits per heavy atom. The molecule has 3 unspecified atom stereocenters. The van der Waals surface area contributed by atoms with Crippen LogP contribution in [0.15, 0.2) is 0 Å². The van der Waals surface area contributed by atoms with Crippen molar-refractivity contribution in [2.24, 2.45) is 5.73 Å². The van der Waals surface area contributed by atoms with Crippen LogP contribution in [0.1, 0.15) is 39.5 Å². The van der Waals surface area contributed by atoms with Crippen molar-refractivity contribution in [3.05, 3.63) is 0 Å². The van der Waals surface area contributed by atoms with Gasteiger partial charge in [0.15, 0.2) is 0 Å². The van der Waals surface area contributed by atoms with Gasteiger partial charge in [-0.25, -0.2) is 0 Å². The highest BCUT2D eigenvalue weighted by molar-refractivity contribution is 4.89. The molecule has 0 aromatic rings. The fourth-order valence-corrected chi connectivity index (χ4v) is 2.90. The summed E-state index contributed by atoms with van der Waals surface area (Å²) in [7, 11) is 1.76. The molecule has 2 aliphatic rings. The van der Waals surface area contributed by atoms with E-state index in [1.807, 2.05) is 0 Å². The van der Waals surface area contributed by atoms with Crippen LogP contribution in [0.4, 0.5) is 0 Å². The van der Waals surface area contributed by atoms with Crippen LogP contribution >= 0.6 is 0 Å². The van der Waals surface area contributed by atoms with Gasteiger partial charge in [0.25, 0.3) is 0 Å². The van der Waals surface area contributed by atoms with Crippen LogP contribution < -0.4 is 5.73 Å². The number of ether oxygens (including phenoxy) is 2. The predicted octanol–water partition coefficient (Wildman–Crippen LogP) is 1.38. The molecule has 2 saturated heterocycles. The number of nitrogens with zero attached hydrogens (tertiary/aromatic N) is 1. The van der Waals surface area contributed by atoms with Gasteiger partial charge in [-0.2, -0.15) is 0 Å². The second-order valence-corrected chi connectivity index (χ2v) is 6.33. The van der Waals surface area contributed by atoms with Gasteiger partial charge in [-0.05, 0) is 46.1 Å². The summed E-state index contributed by atoms with van der Waals surface area (Å²) in [5.41, 5.74) is 6.20. The van der Waals surface area contributed by atoms with E-state index in [1.54, 1.807) is 7.11 Å². The highest BCUT2D eigenvalue weighted by atomic mass is 16.5. The SMILES string of the molecule is COC(C)(C)CCC(N)C1CN2CCCC2CO1. The van der Waals surface area contributed by atoms with Crippen molar-refractivity contribution in [1.29, 1.82) is 0 Å². The molecule has 0 radical (unpaired) electrons. The zero-order chi connectivity index (χ0) is 13.2. The van der Waals surface area contributed by atoms with Crippen LogP contribution in [0, 0.1) is 0 Å². The summed E-state index contributed by atoms with van der Waals surface area (Å²) in [5.74, 6) is 0. The average molecular weight is 256 g/mol. The predicted molar refractivity (Wildman–Crippen MR) is 72.6 cm³/mol. The molecule has 0 saturated carbocycles. The quantitative estimate of drug-likeness (QED) is 0.807. The molecular weight excluding hydrogens is 228 g/mol. The van der Waals surface area contributed by atoms with E-state index in [0.29, 0.717) is 6.04 Å². The topological polar surface area (TPSA) is 47.7 Å². The molecule has 4 nitrogen and oxygen atoms in total. The second-order valence-electron chi connectivity index (χ2n) is 6.33. The summed E-state index contributed by atoms with van der Waals surface area (Å²) in [5, 5.41) is 0. The van der Waals surface area contributed by atoms with Crippen LogP contribution in [-0.2, 0) is 9.47 Å². The summed E-state index contributed by atoms with van der Waals surface area (Å²) in [6, 6.07) is 0.782. The van der Waals surface area contributed by atoms with E-state index in [1.165, 1.54) is 19.4 Å². The Balaban J connectivity index is 1.77. The second kappa shape index (κ2) is 5.87. The maximum Gasteiger partial charge on any atom is 0.0853 e. The molecule has 0 bridgehead atoms. The summed E-state index contributed by atoms with van der Waals surface area (Å²) >= 11 is 0. The summed E-state index contributed by atoms with van der Waals surface area (Å²) in [6.07, 6.45) is 4.75.